The van der Waals surface area contributed by atoms with E-state index in [4.69, 9.17) is 0 Å². The number of anilines is 2. The molecule has 0 aliphatic rings. The van der Waals surface area contributed by atoms with Crippen LogP contribution in [0.2, 0.25) is 0 Å². The molecule has 0 saturated carbocycles. The van der Waals surface area contributed by atoms with Crippen molar-refractivity contribution in [1.82, 2.24) is 0 Å². The van der Waals surface area contributed by atoms with Crippen LogP contribution in [0, 0.1) is 0 Å². The van der Waals surface area contributed by atoms with Crippen molar-refractivity contribution < 1.29 is 9.59 Å². The first-order chi connectivity index (χ1) is 10.6. The molecule has 4 nitrogen and oxygen atoms in total. The van der Waals surface area contributed by atoms with E-state index in [1.54, 1.807) is 12.1 Å². The molecule has 2 aromatic rings. The SMILES string of the molecule is CN(C)c1cccc(NC(=O)CCC(=O)c2ccccc2)c1. The summed E-state index contributed by atoms with van der Waals surface area (Å²) >= 11 is 0. The van der Waals surface area contributed by atoms with Gasteiger partial charge in [0.15, 0.2) is 5.78 Å². The van der Waals surface area contributed by atoms with Crippen LogP contribution in [0.3, 0.4) is 0 Å². The Balaban J connectivity index is 1.88. The standard InChI is InChI=1S/C18H20N2O2/c1-20(2)16-10-6-9-15(13-16)19-18(22)12-11-17(21)14-7-4-3-5-8-14/h3-10,13H,11-12H2,1-2H3,(H,19,22). The van der Waals surface area contributed by atoms with Crippen molar-refractivity contribution in [3.05, 3.63) is 60.2 Å². The lowest BCUT2D eigenvalue weighted by Gasteiger charge is -2.14. The van der Waals surface area contributed by atoms with E-state index in [9.17, 15) is 9.59 Å². The maximum absolute atomic E-state index is 12.0. The van der Waals surface area contributed by atoms with Crippen LogP contribution in [0.1, 0.15) is 23.2 Å². The predicted molar refractivity (Wildman–Crippen MR) is 89.4 cm³/mol. The number of carbonyl (C=O) groups is 2. The van der Waals surface area contributed by atoms with Crippen LogP contribution in [-0.2, 0) is 4.79 Å². The van der Waals surface area contributed by atoms with E-state index in [0.717, 1.165) is 11.4 Å². The largest absolute Gasteiger partial charge is 0.378 e. The third kappa shape index (κ3) is 4.45. The maximum Gasteiger partial charge on any atom is 0.224 e. The molecule has 0 aliphatic carbocycles. The Morgan fingerprint density at radius 2 is 1.68 bits per heavy atom. The lowest BCUT2D eigenvalue weighted by atomic mass is 10.1. The molecular weight excluding hydrogens is 276 g/mol. The van der Waals surface area contributed by atoms with E-state index in [2.05, 4.69) is 5.32 Å². The number of carbonyl (C=O) groups excluding carboxylic acids is 2. The van der Waals surface area contributed by atoms with Gasteiger partial charge in [0.05, 0.1) is 0 Å². The third-order valence-corrected chi connectivity index (χ3v) is 3.32. The van der Waals surface area contributed by atoms with Gasteiger partial charge in [-0.25, -0.2) is 0 Å². The lowest BCUT2D eigenvalue weighted by molar-refractivity contribution is -0.116. The second-order valence-corrected chi connectivity index (χ2v) is 5.28. The number of nitrogens with zero attached hydrogens (tertiary/aromatic N) is 1. The molecule has 1 N–H and O–H groups in total. The van der Waals surface area contributed by atoms with Gasteiger partial charge >= 0.3 is 0 Å². The Morgan fingerprint density at radius 3 is 2.36 bits per heavy atom. The quantitative estimate of drug-likeness (QED) is 0.832. The summed E-state index contributed by atoms with van der Waals surface area (Å²) in [5.74, 6) is -0.169. The summed E-state index contributed by atoms with van der Waals surface area (Å²) in [6.45, 7) is 0. The molecule has 0 heterocycles. The summed E-state index contributed by atoms with van der Waals surface area (Å²) in [4.78, 5) is 25.9. The highest BCUT2D eigenvalue weighted by Gasteiger charge is 2.09. The molecule has 0 fully saturated rings. The van der Waals surface area contributed by atoms with Crippen LogP contribution in [0.15, 0.2) is 54.6 Å². The fourth-order valence-electron chi connectivity index (χ4n) is 2.08. The van der Waals surface area contributed by atoms with Crippen LogP contribution >= 0.6 is 0 Å². The van der Waals surface area contributed by atoms with Crippen molar-refractivity contribution in [2.75, 3.05) is 24.3 Å². The van der Waals surface area contributed by atoms with Gasteiger partial charge < -0.3 is 10.2 Å². The monoisotopic (exact) mass is 296 g/mol. The zero-order chi connectivity index (χ0) is 15.9. The van der Waals surface area contributed by atoms with Crippen LogP contribution in [0.25, 0.3) is 0 Å². The average Bonchev–Trinajstić information content (AvgIpc) is 2.53. The minimum Gasteiger partial charge on any atom is -0.378 e. The highest BCUT2D eigenvalue weighted by atomic mass is 16.2. The lowest BCUT2D eigenvalue weighted by Crippen LogP contribution is -2.14. The number of hydrogen-bond donors (Lipinski definition) is 1. The summed E-state index contributed by atoms with van der Waals surface area (Å²) < 4.78 is 0. The van der Waals surface area contributed by atoms with Gasteiger partial charge in [0.25, 0.3) is 0 Å². The zero-order valence-corrected chi connectivity index (χ0v) is 12.9. The second kappa shape index (κ2) is 7.41. The van der Waals surface area contributed by atoms with Gasteiger partial charge in [0, 0.05) is 43.9 Å². The van der Waals surface area contributed by atoms with Crippen LogP contribution < -0.4 is 10.2 Å². The van der Waals surface area contributed by atoms with Crippen LogP contribution in [-0.4, -0.2) is 25.8 Å². The normalized spacial score (nSPS) is 10.1. The van der Waals surface area contributed by atoms with E-state index >= 15 is 0 Å². The molecule has 0 atom stereocenters. The van der Waals surface area contributed by atoms with Gasteiger partial charge in [-0.1, -0.05) is 36.4 Å². The van der Waals surface area contributed by atoms with E-state index in [-0.39, 0.29) is 24.5 Å². The van der Waals surface area contributed by atoms with E-state index in [1.807, 2.05) is 61.5 Å². The zero-order valence-electron chi connectivity index (χ0n) is 12.9. The molecule has 2 aromatic carbocycles. The Labute approximate surface area is 130 Å². The summed E-state index contributed by atoms with van der Waals surface area (Å²) in [5, 5.41) is 2.83. The van der Waals surface area contributed by atoms with E-state index in [0.29, 0.717) is 5.56 Å². The molecule has 0 unspecified atom stereocenters. The fourth-order valence-corrected chi connectivity index (χ4v) is 2.08. The van der Waals surface area contributed by atoms with E-state index < -0.39 is 0 Å². The molecule has 0 spiro atoms. The number of ketones is 1. The Hall–Kier alpha value is -2.62. The number of nitrogens with one attached hydrogen (secondary N) is 1. The number of benzene rings is 2. The minimum atomic E-state index is -0.153. The Bertz CT molecular complexity index is 651. The topological polar surface area (TPSA) is 49.4 Å². The van der Waals surface area contributed by atoms with Crippen LogP contribution in [0.5, 0.6) is 0 Å². The predicted octanol–water partition coefficient (Wildman–Crippen LogP) is 3.35. The average molecular weight is 296 g/mol. The second-order valence-electron chi connectivity index (χ2n) is 5.28. The molecule has 0 bridgehead atoms. The fraction of sp³-hybridized carbons (Fsp3) is 0.222. The summed E-state index contributed by atoms with van der Waals surface area (Å²) in [6.07, 6.45) is 0.392. The van der Waals surface area contributed by atoms with Crippen molar-refractivity contribution in [2.45, 2.75) is 12.8 Å². The van der Waals surface area contributed by atoms with Crippen molar-refractivity contribution in [3.63, 3.8) is 0 Å². The van der Waals surface area contributed by atoms with Crippen molar-refractivity contribution in [2.24, 2.45) is 0 Å². The summed E-state index contributed by atoms with van der Waals surface area (Å²) in [6, 6.07) is 16.6. The number of Topliss-reactive ketones (excluding diaryl/α,β-unsaturated/α-hetero) is 1. The molecule has 0 radical (unpaired) electrons. The Morgan fingerprint density at radius 1 is 0.955 bits per heavy atom. The van der Waals surface area contributed by atoms with Crippen molar-refractivity contribution >= 4 is 23.1 Å². The first-order valence-electron chi connectivity index (χ1n) is 7.22. The number of hydrogen-bond acceptors (Lipinski definition) is 3. The highest BCUT2D eigenvalue weighted by molar-refractivity contribution is 6.00. The van der Waals surface area contributed by atoms with Crippen molar-refractivity contribution in [1.29, 1.82) is 0 Å². The van der Waals surface area contributed by atoms with Gasteiger partial charge in [-0.2, -0.15) is 0 Å². The smallest absolute Gasteiger partial charge is 0.224 e. The Kier molecular flexibility index (Phi) is 5.31. The molecule has 4 heteroatoms. The summed E-state index contributed by atoms with van der Waals surface area (Å²) in [7, 11) is 3.89. The molecule has 114 valence electrons. The molecule has 2 rings (SSSR count). The number of amides is 1. The van der Waals surface area contributed by atoms with Gasteiger partial charge in [-0.15, -0.1) is 0 Å². The van der Waals surface area contributed by atoms with Gasteiger partial charge in [-0.05, 0) is 18.2 Å². The first kappa shape index (κ1) is 15.8. The first-order valence-corrected chi connectivity index (χ1v) is 7.22. The molecule has 0 aliphatic heterocycles. The van der Waals surface area contributed by atoms with Gasteiger partial charge in [-0.3, -0.25) is 9.59 Å². The summed E-state index contributed by atoms with van der Waals surface area (Å²) in [5.41, 5.74) is 2.39. The van der Waals surface area contributed by atoms with E-state index in [1.165, 1.54) is 0 Å². The molecule has 1 amide bonds. The molecule has 0 saturated heterocycles. The van der Waals surface area contributed by atoms with Gasteiger partial charge in [0.2, 0.25) is 5.91 Å². The van der Waals surface area contributed by atoms with Crippen LogP contribution in [0.4, 0.5) is 11.4 Å². The highest BCUT2D eigenvalue weighted by Crippen LogP contribution is 2.17. The third-order valence-electron chi connectivity index (χ3n) is 3.32. The molecular formula is C18H20N2O2. The van der Waals surface area contributed by atoms with Gasteiger partial charge in [0.1, 0.15) is 0 Å². The minimum absolute atomic E-state index is 0.0159. The van der Waals surface area contributed by atoms with Crippen molar-refractivity contribution in [3.8, 4) is 0 Å². The molecule has 0 aromatic heterocycles. The molecule has 22 heavy (non-hydrogen) atoms. The number of rotatable bonds is 6. The maximum atomic E-state index is 12.0.